The Morgan fingerprint density at radius 2 is 2.11 bits per heavy atom. The maximum atomic E-state index is 12.1. The van der Waals surface area contributed by atoms with Crippen molar-refractivity contribution in [3.8, 4) is 0 Å². The molecule has 1 atom stereocenters. The molecule has 0 bridgehead atoms. The standard InChI is InChI=1S/C12H27N3O2S/c1-4-7-13-9-12-6-5-8-15(10-12)18(16,17)14-11(2)3/h11-14H,4-10H2,1-3H3. The predicted molar refractivity (Wildman–Crippen MR) is 74.6 cm³/mol. The van der Waals surface area contributed by atoms with E-state index in [0.717, 1.165) is 32.4 Å². The third-order valence-electron chi connectivity index (χ3n) is 3.07. The Hall–Kier alpha value is -0.170. The van der Waals surface area contributed by atoms with E-state index < -0.39 is 10.2 Å². The van der Waals surface area contributed by atoms with Crippen molar-refractivity contribution in [2.24, 2.45) is 5.92 Å². The Kier molecular flexibility index (Phi) is 6.55. The van der Waals surface area contributed by atoms with Gasteiger partial charge in [-0.2, -0.15) is 17.4 Å². The lowest BCUT2D eigenvalue weighted by Crippen LogP contribution is -2.49. The molecular formula is C12H27N3O2S. The van der Waals surface area contributed by atoms with Gasteiger partial charge in [0, 0.05) is 19.1 Å². The molecule has 1 heterocycles. The van der Waals surface area contributed by atoms with Gasteiger partial charge in [0.1, 0.15) is 0 Å². The minimum absolute atomic E-state index is 0.0476. The zero-order valence-corrected chi connectivity index (χ0v) is 12.6. The van der Waals surface area contributed by atoms with Gasteiger partial charge in [-0.3, -0.25) is 0 Å². The second-order valence-corrected chi connectivity index (χ2v) is 7.05. The molecule has 1 aliphatic heterocycles. The number of piperidine rings is 1. The second-order valence-electron chi connectivity index (χ2n) is 5.35. The van der Waals surface area contributed by atoms with E-state index in [9.17, 15) is 8.42 Å². The van der Waals surface area contributed by atoms with Crippen LogP contribution >= 0.6 is 0 Å². The van der Waals surface area contributed by atoms with E-state index in [1.807, 2.05) is 13.8 Å². The van der Waals surface area contributed by atoms with E-state index in [1.54, 1.807) is 4.31 Å². The lowest BCUT2D eigenvalue weighted by molar-refractivity contribution is 0.257. The van der Waals surface area contributed by atoms with Gasteiger partial charge in [-0.15, -0.1) is 0 Å². The van der Waals surface area contributed by atoms with Crippen LogP contribution in [0.25, 0.3) is 0 Å². The van der Waals surface area contributed by atoms with Crippen LogP contribution in [0.5, 0.6) is 0 Å². The monoisotopic (exact) mass is 277 g/mol. The van der Waals surface area contributed by atoms with E-state index in [4.69, 9.17) is 0 Å². The Labute approximate surface area is 112 Å². The van der Waals surface area contributed by atoms with Crippen LogP contribution in [0.1, 0.15) is 40.0 Å². The average molecular weight is 277 g/mol. The van der Waals surface area contributed by atoms with Crippen molar-refractivity contribution in [1.29, 1.82) is 0 Å². The van der Waals surface area contributed by atoms with Crippen molar-refractivity contribution in [1.82, 2.24) is 14.3 Å². The largest absolute Gasteiger partial charge is 0.316 e. The first kappa shape index (κ1) is 15.9. The number of nitrogens with zero attached hydrogens (tertiary/aromatic N) is 1. The fourth-order valence-corrected chi connectivity index (χ4v) is 3.79. The smallest absolute Gasteiger partial charge is 0.279 e. The van der Waals surface area contributed by atoms with E-state index in [1.165, 1.54) is 0 Å². The summed E-state index contributed by atoms with van der Waals surface area (Å²) in [6.07, 6.45) is 3.19. The maximum Gasteiger partial charge on any atom is 0.279 e. The first-order chi connectivity index (χ1) is 8.45. The molecular weight excluding hydrogens is 250 g/mol. The molecule has 108 valence electrons. The highest BCUT2D eigenvalue weighted by atomic mass is 32.2. The second kappa shape index (κ2) is 7.43. The van der Waals surface area contributed by atoms with Gasteiger partial charge in [-0.05, 0) is 52.1 Å². The molecule has 0 amide bonds. The highest BCUT2D eigenvalue weighted by Crippen LogP contribution is 2.18. The fraction of sp³-hybridized carbons (Fsp3) is 1.00. The number of hydrogen-bond acceptors (Lipinski definition) is 3. The number of nitrogens with one attached hydrogen (secondary N) is 2. The molecule has 1 unspecified atom stereocenters. The normalized spacial score (nSPS) is 22.6. The summed E-state index contributed by atoms with van der Waals surface area (Å²) in [7, 11) is -3.29. The van der Waals surface area contributed by atoms with Crippen LogP contribution in [0, 0.1) is 5.92 Å². The summed E-state index contributed by atoms with van der Waals surface area (Å²) in [4.78, 5) is 0. The molecule has 0 radical (unpaired) electrons. The number of hydrogen-bond donors (Lipinski definition) is 2. The van der Waals surface area contributed by atoms with Crippen molar-refractivity contribution >= 4 is 10.2 Å². The maximum absolute atomic E-state index is 12.1. The SMILES string of the molecule is CCCNCC1CCCN(S(=O)(=O)NC(C)C)C1. The van der Waals surface area contributed by atoms with Gasteiger partial charge in [0.2, 0.25) is 0 Å². The molecule has 0 aromatic heterocycles. The third-order valence-corrected chi connectivity index (χ3v) is 4.85. The van der Waals surface area contributed by atoms with Gasteiger partial charge in [0.15, 0.2) is 0 Å². The summed E-state index contributed by atoms with van der Waals surface area (Å²) in [6, 6.07) is -0.0476. The predicted octanol–water partition coefficient (Wildman–Crippen LogP) is 0.941. The van der Waals surface area contributed by atoms with Crippen LogP contribution in [0.15, 0.2) is 0 Å². The molecule has 1 rings (SSSR count). The zero-order valence-electron chi connectivity index (χ0n) is 11.8. The van der Waals surface area contributed by atoms with E-state index in [2.05, 4.69) is 17.0 Å². The molecule has 0 aromatic carbocycles. The molecule has 2 N–H and O–H groups in total. The first-order valence-electron chi connectivity index (χ1n) is 6.93. The van der Waals surface area contributed by atoms with Gasteiger partial charge in [0.25, 0.3) is 10.2 Å². The van der Waals surface area contributed by atoms with Crippen molar-refractivity contribution in [3.63, 3.8) is 0 Å². The molecule has 5 nitrogen and oxygen atoms in total. The highest BCUT2D eigenvalue weighted by molar-refractivity contribution is 7.87. The molecule has 18 heavy (non-hydrogen) atoms. The van der Waals surface area contributed by atoms with E-state index in [-0.39, 0.29) is 6.04 Å². The summed E-state index contributed by atoms with van der Waals surface area (Å²) in [5.74, 6) is 0.439. The minimum Gasteiger partial charge on any atom is -0.316 e. The average Bonchev–Trinajstić information content (AvgIpc) is 2.28. The Morgan fingerprint density at radius 1 is 1.39 bits per heavy atom. The Morgan fingerprint density at radius 3 is 2.72 bits per heavy atom. The quantitative estimate of drug-likeness (QED) is 0.681. The Balaban J connectivity index is 2.47. The molecule has 6 heteroatoms. The van der Waals surface area contributed by atoms with Crippen molar-refractivity contribution in [2.75, 3.05) is 26.2 Å². The van der Waals surface area contributed by atoms with E-state index >= 15 is 0 Å². The first-order valence-corrected chi connectivity index (χ1v) is 8.37. The summed E-state index contributed by atoms with van der Waals surface area (Å²) in [5.41, 5.74) is 0. The minimum atomic E-state index is -3.29. The van der Waals surface area contributed by atoms with Gasteiger partial charge < -0.3 is 5.32 Å². The van der Waals surface area contributed by atoms with Crippen molar-refractivity contribution < 1.29 is 8.42 Å². The van der Waals surface area contributed by atoms with Crippen LogP contribution < -0.4 is 10.0 Å². The van der Waals surface area contributed by atoms with Gasteiger partial charge in [0.05, 0.1) is 0 Å². The molecule has 1 saturated heterocycles. The van der Waals surface area contributed by atoms with E-state index in [0.29, 0.717) is 19.0 Å². The number of rotatable bonds is 7. The molecule has 1 fully saturated rings. The highest BCUT2D eigenvalue weighted by Gasteiger charge is 2.28. The fourth-order valence-electron chi connectivity index (χ4n) is 2.27. The van der Waals surface area contributed by atoms with Crippen LogP contribution in [-0.2, 0) is 10.2 Å². The summed E-state index contributed by atoms with van der Waals surface area (Å²) in [6.45, 7) is 9.04. The Bertz CT molecular complexity index is 330. The van der Waals surface area contributed by atoms with Gasteiger partial charge in [-0.1, -0.05) is 6.92 Å². The molecule has 0 saturated carbocycles. The summed E-state index contributed by atoms with van der Waals surface area (Å²) < 4.78 is 28.4. The van der Waals surface area contributed by atoms with Crippen LogP contribution in [0.4, 0.5) is 0 Å². The topological polar surface area (TPSA) is 61.4 Å². The van der Waals surface area contributed by atoms with Gasteiger partial charge >= 0.3 is 0 Å². The van der Waals surface area contributed by atoms with Crippen LogP contribution in [0.2, 0.25) is 0 Å². The molecule has 0 spiro atoms. The summed E-state index contributed by atoms with van der Waals surface area (Å²) >= 11 is 0. The van der Waals surface area contributed by atoms with Crippen molar-refractivity contribution in [3.05, 3.63) is 0 Å². The van der Waals surface area contributed by atoms with Crippen molar-refractivity contribution in [2.45, 2.75) is 46.1 Å². The zero-order chi connectivity index (χ0) is 13.6. The molecule has 0 aliphatic carbocycles. The lowest BCUT2D eigenvalue weighted by atomic mass is 10.00. The lowest BCUT2D eigenvalue weighted by Gasteiger charge is -2.32. The van der Waals surface area contributed by atoms with Crippen LogP contribution in [-0.4, -0.2) is 44.9 Å². The van der Waals surface area contributed by atoms with Crippen LogP contribution in [0.3, 0.4) is 0 Å². The molecule has 0 aromatic rings. The summed E-state index contributed by atoms with van der Waals surface area (Å²) in [5, 5.41) is 3.38. The van der Waals surface area contributed by atoms with Gasteiger partial charge in [-0.25, -0.2) is 0 Å². The third kappa shape index (κ3) is 5.22. The molecule has 1 aliphatic rings.